The van der Waals surface area contributed by atoms with Gasteiger partial charge in [0.05, 0.1) is 22.4 Å². The van der Waals surface area contributed by atoms with Gasteiger partial charge in [0.15, 0.2) is 11.0 Å². The Hall–Kier alpha value is -3.04. The SMILES string of the molecule is CC(C)C[C@@H](NC(=O)c1ccccc1Cl)c1nnc(SCC(=O)N2CCN(c3ccccc3)CC2)n1C. The van der Waals surface area contributed by atoms with Crippen LogP contribution in [0.5, 0.6) is 0 Å². The summed E-state index contributed by atoms with van der Waals surface area (Å²) in [4.78, 5) is 30.1. The topological polar surface area (TPSA) is 83.4 Å². The number of hydrogen-bond donors (Lipinski definition) is 1. The number of amides is 2. The van der Waals surface area contributed by atoms with E-state index in [1.54, 1.807) is 24.3 Å². The van der Waals surface area contributed by atoms with E-state index in [1.807, 2.05) is 34.7 Å². The normalized spacial score (nSPS) is 14.6. The molecule has 196 valence electrons. The fourth-order valence-electron chi connectivity index (χ4n) is 4.41. The summed E-state index contributed by atoms with van der Waals surface area (Å²) in [5, 5.41) is 12.8. The lowest BCUT2D eigenvalue weighted by Crippen LogP contribution is -2.49. The molecule has 2 amide bonds. The minimum Gasteiger partial charge on any atom is -0.368 e. The Kier molecular flexibility index (Phi) is 9.10. The molecule has 2 aromatic carbocycles. The molecule has 1 N–H and O–H groups in total. The summed E-state index contributed by atoms with van der Waals surface area (Å²) in [6.45, 7) is 7.21. The third-order valence-electron chi connectivity index (χ3n) is 6.39. The molecule has 0 bridgehead atoms. The molecule has 1 saturated heterocycles. The molecule has 0 saturated carbocycles. The van der Waals surface area contributed by atoms with E-state index in [-0.39, 0.29) is 23.6 Å². The van der Waals surface area contributed by atoms with Crippen LogP contribution >= 0.6 is 23.4 Å². The Morgan fingerprint density at radius 1 is 1.00 bits per heavy atom. The van der Waals surface area contributed by atoms with Crippen molar-refractivity contribution < 1.29 is 9.59 Å². The van der Waals surface area contributed by atoms with Gasteiger partial charge in [0, 0.05) is 38.9 Å². The highest BCUT2D eigenvalue weighted by Crippen LogP contribution is 2.25. The number of para-hydroxylation sites is 1. The van der Waals surface area contributed by atoms with Crippen LogP contribution in [0.3, 0.4) is 0 Å². The number of nitrogens with zero attached hydrogens (tertiary/aromatic N) is 5. The van der Waals surface area contributed by atoms with Gasteiger partial charge in [-0.25, -0.2) is 0 Å². The van der Waals surface area contributed by atoms with E-state index in [0.717, 1.165) is 13.1 Å². The van der Waals surface area contributed by atoms with Crippen LogP contribution in [0.15, 0.2) is 59.8 Å². The van der Waals surface area contributed by atoms with E-state index in [2.05, 4.69) is 46.4 Å². The van der Waals surface area contributed by atoms with Crippen LogP contribution in [-0.2, 0) is 11.8 Å². The maximum Gasteiger partial charge on any atom is 0.253 e. The molecule has 3 aromatic rings. The van der Waals surface area contributed by atoms with E-state index < -0.39 is 0 Å². The lowest BCUT2D eigenvalue weighted by molar-refractivity contribution is -0.128. The summed E-state index contributed by atoms with van der Waals surface area (Å²) < 4.78 is 1.87. The van der Waals surface area contributed by atoms with E-state index in [1.165, 1.54) is 17.4 Å². The van der Waals surface area contributed by atoms with Crippen LogP contribution in [0.4, 0.5) is 5.69 Å². The van der Waals surface area contributed by atoms with Gasteiger partial charge in [-0.1, -0.05) is 67.5 Å². The van der Waals surface area contributed by atoms with Gasteiger partial charge in [-0.3, -0.25) is 9.59 Å². The number of piperazine rings is 1. The molecule has 0 radical (unpaired) electrons. The second-order valence-electron chi connectivity index (χ2n) is 9.53. The largest absolute Gasteiger partial charge is 0.368 e. The van der Waals surface area contributed by atoms with Crippen molar-refractivity contribution in [3.8, 4) is 0 Å². The number of hydrogen-bond acceptors (Lipinski definition) is 6. The van der Waals surface area contributed by atoms with Gasteiger partial charge in [-0.2, -0.15) is 0 Å². The molecule has 1 atom stereocenters. The first-order valence-electron chi connectivity index (χ1n) is 12.5. The van der Waals surface area contributed by atoms with Crippen molar-refractivity contribution in [2.24, 2.45) is 13.0 Å². The number of anilines is 1. The molecule has 2 heterocycles. The van der Waals surface area contributed by atoms with Gasteiger partial charge in [0.1, 0.15) is 0 Å². The molecule has 0 aliphatic carbocycles. The number of thioether (sulfide) groups is 1. The third kappa shape index (κ3) is 6.84. The number of halogens is 1. The molecule has 1 aromatic heterocycles. The van der Waals surface area contributed by atoms with Gasteiger partial charge in [-0.05, 0) is 36.6 Å². The molecule has 10 heteroatoms. The highest BCUT2D eigenvalue weighted by atomic mass is 35.5. The Morgan fingerprint density at radius 3 is 2.35 bits per heavy atom. The maximum absolute atomic E-state index is 12.9. The zero-order valence-corrected chi connectivity index (χ0v) is 23.0. The first-order valence-corrected chi connectivity index (χ1v) is 13.8. The first-order chi connectivity index (χ1) is 17.8. The Labute approximate surface area is 227 Å². The molecule has 1 aliphatic rings. The second-order valence-corrected chi connectivity index (χ2v) is 10.9. The number of rotatable bonds is 9. The molecule has 1 fully saturated rings. The summed E-state index contributed by atoms with van der Waals surface area (Å²) >= 11 is 7.60. The Morgan fingerprint density at radius 2 is 1.68 bits per heavy atom. The molecular formula is C27H33ClN6O2S. The summed E-state index contributed by atoms with van der Waals surface area (Å²) in [6.07, 6.45) is 0.692. The number of nitrogens with one attached hydrogen (secondary N) is 1. The summed E-state index contributed by atoms with van der Waals surface area (Å²) in [5.74, 6) is 1.10. The van der Waals surface area contributed by atoms with Crippen LogP contribution in [0.2, 0.25) is 5.02 Å². The van der Waals surface area contributed by atoms with Crippen molar-refractivity contribution >= 4 is 40.9 Å². The maximum atomic E-state index is 12.9. The molecular weight excluding hydrogens is 508 g/mol. The minimum atomic E-state index is -0.336. The monoisotopic (exact) mass is 540 g/mol. The number of carbonyl (C=O) groups excluding carboxylic acids is 2. The van der Waals surface area contributed by atoms with Gasteiger partial charge in [-0.15, -0.1) is 10.2 Å². The molecule has 0 spiro atoms. The fraction of sp³-hybridized carbons (Fsp3) is 0.407. The molecule has 8 nitrogen and oxygen atoms in total. The van der Waals surface area contributed by atoms with Gasteiger partial charge >= 0.3 is 0 Å². The number of benzene rings is 2. The minimum absolute atomic E-state index is 0.0908. The van der Waals surface area contributed by atoms with Crippen molar-refractivity contribution in [1.29, 1.82) is 0 Å². The van der Waals surface area contributed by atoms with Crippen molar-refractivity contribution in [2.45, 2.75) is 31.5 Å². The van der Waals surface area contributed by atoms with Crippen molar-refractivity contribution in [3.63, 3.8) is 0 Å². The van der Waals surface area contributed by atoms with Crippen LogP contribution in [0, 0.1) is 5.92 Å². The molecule has 4 rings (SSSR count). The predicted molar refractivity (Wildman–Crippen MR) is 148 cm³/mol. The standard InChI is InChI=1S/C27H33ClN6O2S/c1-19(2)17-23(29-26(36)21-11-7-8-12-22(21)28)25-30-31-27(32(25)3)37-18-24(35)34-15-13-33(14-16-34)20-9-5-4-6-10-20/h4-12,19,23H,13-18H2,1-3H3,(H,29,36)/t23-/m1/s1. The van der Waals surface area contributed by atoms with Crippen LogP contribution in [-0.4, -0.2) is 63.4 Å². The van der Waals surface area contributed by atoms with E-state index in [9.17, 15) is 9.59 Å². The highest BCUT2D eigenvalue weighted by molar-refractivity contribution is 7.99. The van der Waals surface area contributed by atoms with Crippen LogP contribution in [0.1, 0.15) is 42.5 Å². The zero-order chi connectivity index (χ0) is 26.4. The Balaban J connectivity index is 1.36. The van der Waals surface area contributed by atoms with Crippen molar-refractivity contribution in [3.05, 3.63) is 71.0 Å². The molecule has 0 unspecified atom stereocenters. The van der Waals surface area contributed by atoms with Gasteiger partial charge < -0.3 is 19.7 Å². The first kappa shape index (κ1) is 27.0. The third-order valence-corrected chi connectivity index (χ3v) is 7.72. The molecule has 37 heavy (non-hydrogen) atoms. The van der Waals surface area contributed by atoms with Crippen LogP contribution < -0.4 is 10.2 Å². The summed E-state index contributed by atoms with van der Waals surface area (Å²) in [5.41, 5.74) is 1.61. The fourth-order valence-corrected chi connectivity index (χ4v) is 5.45. The van der Waals surface area contributed by atoms with Gasteiger partial charge in [0.25, 0.3) is 5.91 Å². The lowest BCUT2D eigenvalue weighted by atomic mass is 10.0. The average Bonchev–Trinajstić information content (AvgIpc) is 3.27. The summed E-state index contributed by atoms with van der Waals surface area (Å²) in [6, 6.07) is 16.9. The Bertz CT molecular complexity index is 1210. The van der Waals surface area contributed by atoms with E-state index in [4.69, 9.17) is 11.6 Å². The average molecular weight is 541 g/mol. The number of carbonyl (C=O) groups is 2. The lowest BCUT2D eigenvalue weighted by Gasteiger charge is -2.36. The van der Waals surface area contributed by atoms with E-state index in [0.29, 0.717) is 47.0 Å². The summed E-state index contributed by atoms with van der Waals surface area (Å²) in [7, 11) is 1.87. The van der Waals surface area contributed by atoms with Gasteiger partial charge in [0.2, 0.25) is 5.91 Å². The predicted octanol–water partition coefficient (Wildman–Crippen LogP) is 4.43. The van der Waals surface area contributed by atoms with Crippen LogP contribution in [0.25, 0.3) is 0 Å². The second kappa shape index (κ2) is 12.5. The quantitative estimate of drug-likeness (QED) is 0.404. The van der Waals surface area contributed by atoms with E-state index >= 15 is 0 Å². The molecule has 1 aliphatic heterocycles. The highest BCUT2D eigenvalue weighted by Gasteiger charge is 2.26. The smallest absolute Gasteiger partial charge is 0.253 e. The number of aromatic nitrogens is 3. The van der Waals surface area contributed by atoms with Crippen molar-refractivity contribution in [2.75, 3.05) is 36.8 Å². The zero-order valence-electron chi connectivity index (χ0n) is 21.4. The van der Waals surface area contributed by atoms with Crippen molar-refractivity contribution in [1.82, 2.24) is 25.0 Å².